The number of carbonyl (C=O) groups excluding carboxylic acids is 1. The summed E-state index contributed by atoms with van der Waals surface area (Å²) in [5, 5.41) is 7.04. The molecule has 9 heteroatoms. The fraction of sp³-hybridized carbons (Fsp3) is 0.303. The average molecular weight is 583 g/mol. The van der Waals surface area contributed by atoms with E-state index in [4.69, 9.17) is 21.9 Å². The van der Waals surface area contributed by atoms with Gasteiger partial charge in [-0.05, 0) is 112 Å². The summed E-state index contributed by atoms with van der Waals surface area (Å²) >= 11 is 5.94. The third kappa shape index (κ3) is 5.75. The van der Waals surface area contributed by atoms with Crippen LogP contribution in [0.3, 0.4) is 0 Å². The Bertz CT molecular complexity index is 1530. The van der Waals surface area contributed by atoms with Crippen molar-refractivity contribution in [1.29, 1.82) is 0 Å². The second kappa shape index (κ2) is 12.8. The van der Waals surface area contributed by atoms with Crippen molar-refractivity contribution in [2.45, 2.75) is 39.8 Å². The summed E-state index contributed by atoms with van der Waals surface area (Å²) in [6, 6.07) is 24.4. The van der Waals surface area contributed by atoms with Crippen LogP contribution in [-0.4, -0.2) is 47.4 Å². The summed E-state index contributed by atoms with van der Waals surface area (Å²) in [6.07, 6.45) is 1.82. The van der Waals surface area contributed by atoms with Gasteiger partial charge < -0.3 is 29.7 Å². The van der Waals surface area contributed by atoms with Crippen LogP contribution in [0.15, 0.2) is 79.0 Å². The van der Waals surface area contributed by atoms with Gasteiger partial charge in [0.15, 0.2) is 5.11 Å². The number of thiocarbonyl (C=S) groups is 1. The molecule has 1 saturated heterocycles. The van der Waals surface area contributed by atoms with Gasteiger partial charge in [-0.3, -0.25) is 9.78 Å². The third-order valence-electron chi connectivity index (χ3n) is 7.83. The smallest absolute Gasteiger partial charge is 0.250 e. The maximum atomic E-state index is 12.0. The molecule has 2 N–H and O–H groups in total. The minimum Gasteiger partial charge on any atom is -0.375 e. The number of benzene rings is 2. The van der Waals surface area contributed by atoms with E-state index >= 15 is 0 Å². The molecule has 0 bridgehead atoms. The van der Waals surface area contributed by atoms with Gasteiger partial charge in [-0.1, -0.05) is 6.07 Å². The quantitative estimate of drug-likeness (QED) is 0.219. The van der Waals surface area contributed by atoms with Crippen molar-refractivity contribution in [2.75, 3.05) is 41.9 Å². The molecule has 42 heavy (non-hydrogen) atoms. The van der Waals surface area contributed by atoms with Crippen LogP contribution < -0.4 is 20.4 Å². The Kier molecular flexibility index (Phi) is 8.89. The van der Waals surface area contributed by atoms with Gasteiger partial charge in [0.1, 0.15) is 6.61 Å². The minimum atomic E-state index is -0.200. The predicted molar refractivity (Wildman–Crippen MR) is 174 cm³/mol. The third-order valence-corrected chi connectivity index (χ3v) is 8.14. The van der Waals surface area contributed by atoms with E-state index in [2.05, 4.69) is 83.0 Å². The van der Waals surface area contributed by atoms with Gasteiger partial charge in [-0.15, -0.1) is 0 Å². The van der Waals surface area contributed by atoms with Crippen LogP contribution in [0.2, 0.25) is 0 Å². The number of hydrogen-bond acceptors (Lipinski definition) is 5. The van der Waals surface area contributed by atoms with Crippen molar-refractivity contribution in [3.63, 3.8) is 0 Å². The Morgan fingerprint density at radius 3 is 2.33 bits per heavy atom. The number of carbonyl (C=O) groups is 1. The molecule has 1 aliphatic rings. The molecule has 3 heterocycles. The highest BCUT2D eigenvalue weighted by molar-refractivity contribution is 7.80. The standard InChI is InChI=1S/C33H38N6O2S/c1-6-37(7-2)25-15-17-26(18-16-25)38-22(3)20-28(23(38)4)32-31(29-10-8-9-19-34-29)36-33(42)39(32)27-13-11-24(12-14-27)35-30(40)21-41-5/h8-20,31-32H,6-7,21H2,1-5H3,(H,35,40)(H,36,42). The Hall–Kier alpha value is -4.21. The molecule has 0 radical (unpaired) electrons. The number of pyridine rings is 1. The first-order valence-electron chi connectivity index (χ1n) is 14.3. The number of nitrogens with zero attached hydrogens (tertiary/aromatic N) is 4. The largest absolute Gasteiger partial charge is 0.375 e. The molecule has 2 atom stereocenters. The Balaban J connectivity index is 1.55. The van der Waals surface area contributed by atoms with Crippen molar-refractivity contribution in [1.82, 2.24) is 14.9 Å². The van der Waals surface area contributed by atoms with Gasteiger partial charge in [-0.2, -0.15) is 0 Å². The molecular weight excluding hydrogens is 544 g/mol. The van der Waals surface area contributed by atoms with Crippen molar-refractivity contribution in [3.8, 4) is 5.69 Å². The molecule has 1 aliphatic heterocycles. The number of ether oxygens (including phenoxy) is 1. The van der Waals surface area contributed by atoms with Gasteiger partial charge in [0, 0.05) is 60.5 Å². The number of aromatic nitrogens is 2. The highest BCUT2D eigenvalue weighted by Crippen LogP contribution is 2.44. The zero-order chi connectivity index (χ0) is 29.8. The van der Waals surface area contributed by atoms with Gasteiger partial charge in [0.2, 0.25) is 5.91 Å². The number of anilines is 3. The van der Waals surface area contributed by atoms with E-state index in [9.17, 15) is 4.79 Å². The van der Waals surface area contributed by atoms with Crippen LogP contribution in [0.4, 0.5) is 17.1 Å². The molecule has 218 valence electrons. The lowest BCUT2D eigenvalue weighted by atomic mass is 9.96. The number of amides is 1. The average Bonchev–Trinajstić information content (AvgIpc) is 3.49. The predicted octanol–water partition coefficient (Wildman–Crippen LogP) is 6.10. The van der Waals surface area contributed by atoms with Crippen molar-refractivity contribution in [3.05, 3.63) is 102 Å². The molecule has 2 aromatic carbocycles. The van der Waals surface area contributed by atoms with Crippen LogP contribution in [0, 0.1) is 13.8 Å². The van der Waals surface area contributed by atoms with Crippen LogP contribution in [-0.2, 0) is 9.53 Å². The first kappa shape index (κ1) is 29.3. The first-order valence-corrected chi connectivity index (χ1v) is 14.7. The lowest BCUT2D eigenvalue weighted by Crippen LogP contribution is -2.29. The number of hydrogen-bond donors (Lipinski definition) is 2. The summed E-state index contributed by atoms with van der Waals surface area (Å²) in [7, 11) is 1.50. The summed E-state index contributed by atoms with van der Waals surface area (Å²) in [5.41, 5.74) is 8.35. The van der Waals surface area contributed by atoms with E-state index in [-0.39, 0.29) is 24.6 Å². The van der Waals surface area contributed by atoms with E-state index in [0.717, 1.165) is 41.5 Å². The molecule has 0 aliphatic carbocycles. The SMILES string of the molecule is CCN(CC)c1ccc(-n2c(C)cc(C3C(c4ccccn4)NC(=S)N3c3ccc(NC(=O)COC)cc3)c2C)cc1. The normalized spacial score (nSPS) is 16.4. The second-order valence-electron chi connectivity index (χ2n) is 10.4. The van der Waals surface area contributed by atoms with E-state index < -0.39 is 0 Å². The van der Waals surface area contributed by atoms with Gasteiger partial charge >= 0.3 is 0 Å². The molecule has 5 rings (SSSR count). The zero-order valence-corrected chi connectivity index (χ0v) is 25.6. The second-order valence-corrected chi connectivity index (χ2v) is 10.8. The molecule has 1 fully saturated rings. The van der Waals surface area contributed by atoms with Crippen LogP contribution in [0.25, 0.3) is 5.69 Å². The maximum absolute atomic E-state index is 12.0. The Morgan fingerprint density at radius 2 is 1.71 bits per heavy atom. The van der Waals surface area contributed by atoms with E-state index in [1.807, 2.05) is 48.7 Å². The Labute approximate surface area is 253 Å². The summed E-state index contributed by atoms with van der Waals surface area (Å²) in [5.74, 6) is -0.200. The summed E-state index contributed by atoms with van der Waals surface area (Å²) < 4.78 is 7.25. The van der Waals surface area contributed by atoms with E-state index in [0.29, 0.717) is 10.8 Å². The molecule has 0 saturated carbocycles. The topological polar surface area (TPSA) is 74.7 Å². The van der Waals surface area contributed by atoms with Gasteiger partial charge in [0.25, 0.3) is 0 Å². The number of rotatable bonds is 10. The van der Waals surface area contributed by atoms with Crippen molar-refractivity contribution >= 4 is 40.3 Å². The van der Waals surface area contributed by atoms with Crippen LogP contribution in [0.5, 0.6) is 0 Å². The Morgan fingerprint density at radius 1 is 1.02 bits per heavy atom. The van der Waals surface area contributed by atoms with Crippen molar-refractivity contribution < 1.29 is 9.53 Å². The minimum absolute atomic E-state index is 0.00349. The van der Waals surface area contributed by atoms with Crippen LogP contribution >= 0.6 is 12.2 Å². The molecular formula is C33H38N6O2S. The van der Waals surface area contributed by atoms with E-state index in [1.165, 1.54) is 18.4 Å². The number of aryl methyl sites for hydroxylation is 1. The number of methoxy groups -OCH3 is 1. The lowest BCUT2D eigenvalue weighted by Gasteiger charge is -2.28. The van der Waals surface area contributed by atoms with Gasteiger partial charge in [0.05, 0.1) is 17.8 Å². The summed E-state index contributed by atoms with van der Waals surface area (Å²) in [4.78, 5) is 21.2. The highest BCUT2D eigenvalue weighted by Gasteiger charge is 2.42. The fourth-order valence-corrected chi connectivity index (χ4v) is 6.21. The van der Waals surface area contributed by atoms with Crippen LogP contribution in [0.1, 0.15) is 48.6 Å². The molecule has 0 spiro atoms. The monoisotopic (exact) mass is 582 g/mol. The maximum Gasteiger partial charge on any atom is 0.250 e. The molecule has 2 aromatic heterocycles. The van der Waals surface area contributed by atoms with Gasteiger partial charge in [-0.25, -0.2) is 0 Å². The molecule has 1 amide bonds. The van der Waals surface area contributed by atoms with Crippen molar-refractivity contribution in [2.24, 2.45) is 0 Å². The first-order chi connectivity index (χ1) is 20.4. The highest BCUT2D eigenvalue weighted by atomic mass is 32.1. The summed E-state index contributed by atoms with van der Waals surface area (Å²) in [6.45, 7) is 10.6. The number of nitrogens with one attached hydrogen (secondary N) is 2. The fourth-order valence-electron chi connectivity index (χ4n) is 5.87. The zero-order valence-electron chi connectivity index (χ0n) is 24.8. The van der Waals surface area contributed by atoms with E-state index in [1.54, 1.807) is 0 Å². The molecule has 4 aromatic rings. The molecule has 2 unspecified atom stereocenters. The lowest BCUT2D eigenvalue weighted by molar-refractivity contribution is -0.119. The molecule has 8 nitrogen and oxygen atoms in total.